The Bertz CT molecular complexity index is 877. The Labute approximate surface area is 138 Å². The summed E-state index contributed by atoms with van der Waals surface area (Å²) in [5.74, 6) is -0.156. The van der Waals surface area contributed by atoms with Crippen LogP contribution in [0, 0.1) is 0 Å². The van der Waals surface area contributed by atoms with E-state index in [-0.39, 0.29) is 12.3 Å². The van der Waals surface area contributed by atoms with Crippen molar-refractivity contribution in [1.29, 1.82) is 0 Å². The topological polar surface area (TPSA) is 71.3 Å². The summed E-state index contributed by atoms with van der Waals surface area (Å²) in [6, 6.07) is 17.1. The molecule has 0 aliphatic carbocycles. The molecule has 3 rings (SSSR count). The highest BCUT2D eigenvalue weighted by Gasteiger charge is 2.07. The van der Waals surface area contributed by atoms with Crippen LogP contribution in [0.3, 0.4) is 0 Å². The molecule has 0 bridgehead atoms. The fraction of sp³-hybridized carbons (Fsp3) is 0.0526. The molecule has 2 N–H and O–H groups in total. The Kier molecular flexibility index (Phi) is 4.72. The quantitative estimate of drug-likeness (QED) is 0.573. The molecular weight excluding hydrogens is 304 g/mol. The third-order valence-electron chi connectivity index (χ3n) is 3.50. The first-order chi connectivity index (χ1) is 11.7. The van der Waals surface area contributed by atoms with Crippen molar-refractivity contribution < 1.29 is 14.0 Å². The molecule has 120 valence electrons. The average Bonchev–Trinajstić information content (AvgIpc) is 3.12. The van der Waals surface area contributed by atoms with Gasteiger partial charge in [-0.1, -0.05) is 42.5 Å². The Morgan fingerprint density at radius 2 is 1.79 bits per heavy atom. The fourth-order valence-corrected chi connectivity index (χ4v) is 2.38. The van der Waals surface area contributed by atoms with Gasteiger partial charge < -0.3 is 4.42 Å². The van der Waals surface area contributed by atoms with E-state index >= 15 is 0 Å². The van der Waals surface area contributed by atoms with E-state index in [0.717, 1.165) is 16.3 Å². The Morgan fingerprint density at radius 1 is 0.958 bits per heavy atom. The standard InChI is InChI=1S/C19H16N2O3/c22-18(11-10-16-8-4-12-24-16)20-21-19(23)13-15-7-3-6-14-5-1-2-9-17(14)15/h1-12H,13H2,(H,20,22)(H,21,23)/b11-10+. The monoisotopic (exact) mass is 320 g/mol. The second kappa shape index (κ2) is 7.28. The largest absolute Gasteiger partial charge is 0.465 e. The van der Waals surface area contributed by atoms with E-state index in [1.54, 1.807) is 12.1 Å². The summed E-state index contributed by atoms with van der Waals surface area (Å²) in [5, 5.41) is 2.10. The highest BCUT2D eigenvalue weighted by molar-refractivity contribution is 5.94. The summed E-state index contributed by atoms with van der Waals surface area (Å²) in [6.07, 6.45) is 4.51. The number of carbonyl (C=O) groups is 2. The van der Waals surface area contributed by atoms with Crippen LogP contribution >= 0.6 is 0 Å². The van der Waals surface area contributed by atoms with E-state index in [0.29, 0.717) is 5.76 Å². The van der Waals surface area contributed by atoms with E-state index in [2.05, 4.69) is 10.9 Å². The van der Waals surface area contributed by atoms with Gasteiger partial charge in [-0.15, -0.1) is 0 Å². The second-order valence-corrected chi connectivity index (χ2v) is 5.20. The van der Waals surface area contributed by atoms with Crippen LogP contribution in [0.1, 0.15) is 11.3 Å². The summed E-state index contributed by atoms with van der Waals surface area (Å²) in [7, 11) is 0. The zero-order valence-electron chi connectivity index (χ0n) is 12.9. The number of furan rings is 1. The number of rotatable bonds is 4. The SMILES string of the molecule is O=C(/C=C/c1ccco1)NNC(=O)Cc1cccc2ccccc12. The van der Waals surface area contributed by atoms with Crippen molar-refractivity contribution in [2.24, 2.45) is 0 Å². The van der Waals surface area contributed by atoms with Crippen LogP contribution in [0.25, 0.3) is 16.8 Å². The van der Waals surface area contributed by atoms with Gasteiger partial charge in [0.25, 0.3) is 5.91 Å². The fourth-order valence-electron chi connectivity index (χ4n) is 2.38. The number of hydrogen-bond donors (Lipinski definition) is 2. The Balaban J connectivity index is 1.56. The Hall–Kier alpha value is -3.34. The summed E-state index contributed by atoms with van der Waals surface area (Å²) in [6.45, 7) is 0. The molecule has 5 nitrogen and oxygen atoms in total. The first kappa shape index (κ1) is 15.6. The van der Waals surface area contributed by atoms with E-state index in [1.165, 1.54) is 18.4 Å². The summed E-state index contributed by atoms with van der Waals surface area (Å²) in [4.78, 5) is 23.7. The number of hydrogen-bond acceptors (Lipinski definition) is 3. The molecule has 0 radical (unpaired) electrons. The van der Waals surface area contributed by atoms with Gasteiger partial charge >= 0.3 is 0 Å². The minimum absolute atomic E-state index is 0.184. The number of amides is 2. The smallest absolute Gasteiger partial charge is 0.262 e. The van der Waals surface area contributed by atoms with E-state index in [1.807, 2.05) is 42.5 Å². The molecule has 1 aromatic heterocycles. The molecule has 0 aliphatic heterocycles. The highest BCUT2D eigenvalue weighted by Crippen LogP contribution is 2.18. The average molecular weight is 320 g/mol. The number of fused-ring (bicyclic) bond motifs is 1. The van der Waals surface area contributed by atoms with E-state index in [9.17, 15) is 9.59 Å². The second-order valence-electron chi connectivity index (χ2n) is 5.20. The summed E-state index contributed by atoms with van der Waals surface area (Å²) in [5.41, 5.74) is 5.66. The van der Waals surface area contributed by atoms with Gasteiger partial charge in [0.2, 0.25) is 5.91 Å². The maximum Gasteiger partial charge on any atom is 0.262 e. The molecule has 1 heterocycles. The molecule has 0 fully saturated rings. The normalized spacial score (nSPS) is 10.8. The predicted molar refractivity (Wildman–Crippen MR) is 91.7 cm³/mol. The van der Waals surface area contributed by atoms with E-state index < -0.39 is 5.91 Å². The van der Waals surface area contributed by atoms with Gasteiger partial charge in [0.1, 0.15) is 5.76 Å². The molecule has 24 heavy (non-hydrogen) atoms. The molecule has 3 aromatic rings. The molecule has 0 spiro atoms. The maximum absolute atomic E-state index is 12.0. The number of hydrazine groups is 1. The third-order valence-corrected chi connectivity index (χ3v) is 3.50. The van der Waals surface area contributed by atoms with Gasteiger partial charge in [-0.25, -0.2) is 0 Å². The van der Waals surface area contributed by atoms with Crippen LogP contribution in [-0.4, -0.2) is 11.8 Å². The van der Waals surface area contributed by atoms with E-state index in [4.69, 9.17) is 4.42 Å². The minimum atomic E-state index is -0.433. The lowest BCUT2D eigenvalue weighted by Crippen LogP contribution is -2.41. The maximum atomic E-state index is 12.0. The first-order valence-corrected chi connectivity index (χ1v) is 7.49. The van der Waals surface area contributed by atoms with Gasteiger partial charge in [0.05, 0.1) is 12.7 Å². The van der Waals surface area contributed by atoms with Crippen molar-refractivity contribution in [3.05, 3.63) is 78.3 Å². The first-order valence-electron chi connectivity index (χ1n) is 7.49. The molecule has 2 amide bonds. The lowest BCUT2D eigenvalue weighted by Gasteiger charge is -2.08. The van der Waals surface area contributed by atoms with Gasteiger partial charge in [-0.2, -0.15) is 0 Å². The summed E-state index contributed by atoms with van der Waals surface area (Å²) < 4.78 is 5.08. The predicted octanol–water partition coefficient (Wildman–Crippen LogP) is 2.84. The van der Waals surface area contributed by atoms with Crippen molar-refractivity contribution in [3.8, 4) is 0 Å². The third kappa shape index (κ3) is 3.89. The van der Waals surface area contributed by atoms with Gasteiger partial charge in [-0.3, -0.25) is 20.4 Å². The zero-order valence-corrected chi connectivity index (χ0v) is 12.9. The molecule has 0 saturated carbocycles. The molecule has 0 atom stereocenters. The van der Waals surface area contributed by atoms with Crippen LogP contribution in [0.4, 0.5) is 0 Å². The lowest BCUT2D eigenvalue weighted by molar-refractivity contribution is -0.126. The van der Waals surface area contributed by atoms with Gasteiger partial charge in [-0.05, 0) is 34.5 Å². The number of carbonyl (C=O) groups excluding carboxylic acids is 2. The van der Waals surface area contributed by atoms with Gasteiger partial charge in [0.15, 0.2) is 0 Å². The van der Waals surface area contributed by atoms with Crippen molar-refractivity contribution in [3.63, 3.8) is 0 Å². The van der Waals surface area contributed by atoms with Crippen LogP contribution < -0.4 is 10.9 Å². The Morgan fingerprint density at radius 3 is 2.62 bits per heavy atom. The molecule has 2 aromatic carbocycles. The van der Waals surface area contributed by atoms with Crippen LogP contribution in [0.2, 0.25) is 0 Å². The van der Waals surface area contributed by atoms with Crippen molar-refractivity contribution in [2.45, 2.75) is 6.42 Å². The zero-order chi connectivity index (χ0) is 16.8. The molecule has 0 unspecified atom stereocenters. The lowest BCUT2D eigenvalue weighted by atomic mass is 10.0. The van der Waals surface area contributed by atoms with Crippen molar-refractivity contribution in [1.82, 2.24) is 10.9 Å². The molecule has 0 aliphatic rings. The molecule has 5 heteroatoms. The van der Waals surface area contributed by atoms with Crippen LogP contribution in [0.15, 0.2) is 71.4 Å². The summed E-state index contributed by atoms with van der Waals surface area (Å²) >= 11 is 0. The number of benzene rings is 2. The van der Waals surface area contributed by atoms with Crippen molar-refractivity contribution in [2.75, 3.05) is 0 Å². The van der Waals surface area contributed by atoms with Crippen LogP contribution in [0.5, 0.6) is 0 Å². The van der Waals surface area contributed by atoms with Gasteiger partial charge in [0, 0.05) is 6.08 Å². The minimum Gasteiger partial charge on any atom is -0.465 e. The molecular formula is C19H16N2O3. The molecule has 0 saturated heterocycles. The number of nitrogens with one attached hydrogen (secondary N) is 2. The highest BCUT2D eigenvalue weighted by atomic mass is 16.3. The van der Waals surface area contributed by atoms with Crippen molar-refractivity contribution >= 4 is 28.7 Å². The van der Waals surface area contributed by atoms with Crippen LogP contribution in [-0.2, 0) is 16.0 Å².